The Kier molecular flexibility index (Phi) is 6.02. The minimum Gasteiger partial charge on any atom is -0.407 e. The molecule has 0 N–H and O–H groups in total. The molecule has 1 nitrogen and oxygen atoms in total. The average Bonchev–Trinajstić information content (AvgIpc) is 2.25. The van der Waals surface area contributed by atoms with Crippen LogP contribution in [0.2, 0.25) is 0 Å². The zero-order valence-corrected chi connectivity index (χ0v) is 10.7. The minimum absolute atomic E-state index is 0.00188. The van der Waals surface area contributed by atoms with E-state index in [1.807, 2.05) is 36.4 Å². The quantitative estimate of drug-likeness (QED) is 0.430. The van der Waals surface area contributed by atoms with E-state index in [9.17, 15) is 0 Å². The van der Waals surface area contributed by atoms with Crippen molar-refractivity contribution >= 4 is 33.0 Å². The molecule has 0 aromatic heterocycles. The molecule has 0 bridgehead atoms. The molecule has 80 valence electrons. The van der Waals surface area contributed by atoms with E-state index >= 15 is 0 Å². The van der Waals surface area contributed by atoms with E-state index in [0.29, 0.717) is 0 Å². The lowest BCUT2D eigenvalue weighted by molar-refractivity contribution is 0.221. The van der Waals surface area contributed by atoms with Gasteiger partial charge in [0, 0.05) is 0 Å². The van der Waals surface area contributed by atoms with Crippen molar-refractivity contribution in [1.29, 1.82) is 0 Å². The molecule has 1 rings (SSSR count). The maximum atomic E-state index is 5.64. The van der Waals surface area contributed by atoms with Crippen LogP contribution in [0.1, 0.15) is 18.1 Å². The van der Waals surface area contributed by atoms with Gasteiger partial charge in [0.2, 0.25) is 0 Å². The van der Waals surface area contributed by atoms with Gasteiger partial charge < -0.3 is 4.43 Å². The van der Waals surface area contributed by atoms with Gasteiger partial charge in [0.1, 0.15) is 4.46 Å². The van der Waals surface area contributed by atoms with E-state index in [4.69, 9.17) is 27.6 Å². The van der Waals surface area contributed by atoms with Gasteiger partial charge in [0.15, 0.2) is 0 Å². The van der Waals surface area contributed by atoms with E-state index in [1.165, 1.54) is 0 Å². The highest BCUT2D eigenvalue weighted by molar-refractivity contribution is 6.65. The molecule has 1 unspecified atom stereocenters. The zero-order chi connectivity index (χ0) is 11.1. The van der Waals surface area contributed by atoms with Crippen LogP contribution in [0.5, 0.6) is 0 Å². The van der Waals surface area contributed by atoms with E-state index in [1.54, 1.807) is 0 Å². The first-order valence-electron chi connectivity index (χ1n) is 4.59. The van der Waals surface area contributed by atoms with Crippen molar-refractivity contribution in [2.75, 3.05) is 0 Å². The molecule has 0 saturated carbocycles. The second-order valence-corrected chi connectivity index (χ2v) is 5.84. The fourth-order valence-corrected chi connectivity index (χ4v) is 2.01. The first-order chi connectivity index (χ1) is 7.24. The molecule has 0 aliphatic carbocycles. The highest BCUT2D eigenvalue weighted by atomic mass is 35.5. The minimum atomic E-state index is -0.457. The third kappa shape index (κ3) is 4.84. The predicted octanol–water partition coefficient (Wildman–Crippen LogP) is 3.70. The van der Waals surface area contributed by atoms with E-state index < -0.39 is 4.46 Å². The summed E-state index contributed by atoms with van der Waals surface area (Å²) < 4.78 is 5.17. The molecule has 0 saturated heterocycles. The summed E-state index contributed by atoms with van der Waals surface area (Å²) in [6.45, 7) is 3.71. The largest absolute Gasteiger partial charge is 0.407 e. The molecular weight excluding hydrogens is 247 g/mol. The third-order valence-corrected chi connectivity index (χ3v) is 2.98. The molecule has 0 aliphatic heterocycles. The molecule has 0 amide bonds. The Morgan fingerprint density at radius 2 is 2.00 bits per heavy atom. The first kappa shape index (κ1) is 12.8. The summed E-state index contributed by atoms with van der Waals surface area (Å²) in [7, 11) is 0.0874. The van der Waals surface area contributed by atoms with Gasteiger partial charge in [0.05, 0.1) is 6.10 Å². The van der Waals surface area contributed by atoms with Crippen LogP contribution in [-0.4, -0.2) is 14.2 Å². The number of hydrogen-bond donors (Lipinski definition) is 0. The van der Waals surface area contributed by atoms with E-state index in [-0.39, 0.29) is 15.9 Å². The second-order valence-electron chi connectivity index (χ2n) is 2.96. The maximum absolute atomic E-state index is 5.64. The van der Waals surface area contributed by atoms with Crippen molar-refractivity contribution in [3.8, 4) is 0 Å². The van der Waals surface area contributed by atoms with Crippen LogP contribution in [0.15, 0.2) is 43.0 Å². The maximum Gasteiger partial charge on any atom is 0.267 e. The summed E-state index contributed by atoms with van der Waals surface area (Å²) in [4.78, 5) is 0. The molecular formula is C11H12Cl2OSi. The van der Waals surface area contributed by atoms with Crippen molar-refractivity contribution in [2.24, 2.45) is 0 Å². The number of alkyl halides is 2. The molecule has 2 radical (unpaired) electrons. The smallest absolute Gasteiger partial charge is 0.267 e. The summed E-state index contributed by atoms with van der Waals surface area (Å²) >= 11 is 11.3. The van der Waals surface area contributed by atoms with Crippen LogP contribution in [0, 0.1) is 0 Å². The van der Waals surface area contributed by atoms with Gasteiger partial charge in [0.25, 0.3) is 9.76 Å². The van der Waals surface area contributed by atoms with Gasteiger partial charge in [-0.25, -0.2) is 0 Å². The Labute approximate surface area is 103 Å². The van der Waals surface area contributed by atoms with Crippen LogP contribution < -0.4 is 0 Å². The number of hydrogen-bond acceptors (Lipinski definition) is 1. The lowest BCUT2D eigenvalue weighted by atomic mass is 10.1. The Morgan fingerprint density at radius 3 is 2.53 bits per heavy atom. The molecule has 1 aromatic rings. The summed E-state index contributed by atoms with van der Waals surface area (Å²) in [5.41, 5.74) is 1.12. The number of halogens is 2. The highest BCUT2D eigenvalue weighted by Gasteiger charge is 2.12. The lowest BCUT2D eigenvalue weighted by Gasteiger charge is -2.16. The van der Waals surface area contributed by atoms with Crippen LogP contribution in [0.3, 0.4) is 0 Å². The molecule has 0 spiro atoms. The van der Waals surface area contributed by atoms with Crippen LogP contribution in [0.25, 0.3) is 0 Å². The van der Waals surface area contributed by atoms with Gasteiger partial charge in [-0.2, -0.15) is 0 Å². The topological polar surface area (TPSA) is 9.23 Å². The van der Waals surface area contributed by atoms with Crippen molar-refractivity contribution in [3.63, 3.8) is 0 Å². The van der Waals surface area contributed by atoms with Crippen LogP contribution >= 0.6 is 23.2 Å². The van der Waals surface area contributed by atoms with Gasteiger partial charge in [-0.05, 0) is 12.0 Å². The van der Waals surface area contributed by atoms with Gasteiger partial charge in [-0.1, -0.05) is 36.4 Å². The summed E-state index contributed by atoms with van der Waals surface area (Å²) in [6.07, 6.45) is 2.60. The molecule has 4 heteroatoms. The number of rotatable bonds is 6. The average molecular weight is 259 g/mol. The SMILES string of the molecule is C=CCC(O[Si]C(Cl)Cl)c1ccccc1. The monoisotopic (exact) mass is 258 g/mol. The standard InChI is InChI=1S/C11H12Cl2OSi/c1-2-6-10(14-15-11(12)13)9-7-4-3-5-8-9/h2-5,7-8,10-11H,1,6H2. The molecule has 15 heavy (non-hydrogen) atoms. The predicted molar refractivity (Wildman–Crippen MR) is 66.3 cm³/mol. The Bertz CT molecular complexity index is 290. The molecule has 0 fully saturated rings. The van der Waals surface area contributed by atoms with Gasteiger partial charge in [-0.3, -0.25) is 0 Å². The van der Waals surface area contributed by atoms with Crippen molar-refractivity contribution in [1.82, 2.24) is 0 Å². The molecule has 0 heterocycles. The molecule has 1 aromatic carbocycles. The molecule has 1 atom stereocenters. The van der Waals surface area contributed by atoms with Crippen LogP contribution in [-0.2, 0) is 4.43 Å². The van der Waals surface area contributed by atoms with Crippen molar-refractivity contribution < 1.29 is 4.43 Å². The van der Waals surface area contributed by atoms with Crippen LogP contribution in [0.4, 0.5) is 0 Å². The number of benzene rings is 1. The normalized spacial score (nSPS) is 12.7. The Balaban J connectivity index is 2.61. The van der Waals surface area contributed by atoms with E-state index in [2.05, 4.69) is 6.58 Å². The molecule has 0 aliphatic rings. The lowest BCUT2D eigenvalue weighted by Crippen LogP contribution is -2.12. The fraction of sp³-hybridized carbons (Fsp3) is 0.273. The summed E-state index contributed by atoms with van der Waals surface area (Å²) in [5.74, 6) is 0. The van der Waals surface area contributed by atoms with E-state index in [0.717, 1.165) is 12.0 Å². The Hall–Kier alpha value is -0.283. The summed E-state index contributed by atoms with van der Waals surface area (Å²) in [5, 5.41) is 0. The third-order valence-electron chi connectivity index (χ3n) is 1.85. The zero-order valence-electron chi connectivity index (χ0n) is 8.20. The van der Waals surface area contributed by atoms with Gasteiger partial charge >= 0.3 is 0 Å². The van der Waals surface area contributed by atoms with Crippen molar-refractivity contribution in [3.05, 3.63) is 48.6 Å². The highest BCUT2D eigenvalue weighted by Crippen LogP contribution is 2.21. The Morgan fingerprint density at radius 1 is 1.33 bits per heavy atom. The van der Waals surface area contributed by atoms with Gasteiger partial charge in [-0.15, -0.1) is 29.8 Å². The van der Waals surface area contributed by atoms with Crippen molar-refractivity contribution in [2.45, 2.75) is 17.0 Å². The fourth-order valence-electron chi connectivity index (χ4n) is 1.20. The second kappa shape index (κ2) is 7.07. The summed E-state index contributed by atoms with van der Waals surface area (Å²) in [6, 6.07) is 9.99. The first-order valence-corrected chi connectivity index (χ1v) is 6.45.